The van der Waals surface area contributed by atoms with Gasteiger partial charge in [-0.15, -0.1) is 0 Å². The van der Waals surface area contributed by atoms with E-state index in [0.29, 0.717) is 34.8 Å². The number of halogens is 4. The number of nitrogens with zero attached hydrogens (tertiary/aromatic N) is 1. The Morgan fingerprint density at radius 2 is 1.59 bits per heavy atom. The topological polar surface area (TPSA) is 40.0 Å². The van der Waals surface area contributed by atoms with Crippen molar-refractivity contribution in [3.63, 3.8) is 0 Å². The number of benzene rings is 2. The predicted octanol–water partition coefficient (Wildman–Crippen LogP) is 7.29. The number of unbranched alkanes of at least 4 members (excludes halogenated alkanes) is 2. The monoisotopic (exact) mass is 475 g/mol. The first kappa shape index (κ1) is 23.7. The molecule has 2 aromatic carbocycles. The molecule has 0 radical (unpaired) electrons. The van der Waals surface area contributed by atoms with Crippen molar-refractivity contribution in [3.05, 3.63) is 68.6 Å². The van der Waals surface area contributed by atoms with E-state index in [0.717, 1.165) is 24.8 Å². The van der Waals surface area contributed by atoms with Gasteiger partial charge in [0.2, 0.25) is 0 Å². The van der Waals surface area contributed by atoms with Crippen molar-refractivity contribution in [2.45, 2.75) is 19.3 Å². The highest BCUT2D eigenvalue weighted by Gasteiger charge is 2.10. The Labute approximate surface area is 190 Å². The summed E-state index contributed by atoms with van der Waals surface area (Å²) < 4.78 is 11.3. The zero-order valence-corrected chi connectivity index (χ0v) is 18.6. The van der Waals surface area contributed by atoms with Gasteiger partial charge in [-0.05, 0) is 30.9 Å². The summed E-state index contributed by atoms with van der Waals surface area (Å²) in [4.78, 5) is 5.25. The van der Waals surface area contributed by atoms with Gasteiger partial charge in [0.25, 0.3) is 0 Å². The van der Waals surface area contributed by atoms with E-state index in [2.05, 4.69) is 5.16 Å². The van der Waals surface area contributed by atoms with Crippen molar-refractivity contribution >= 4 is 52.6 Å². The van der Waals surface area contributed by atoms with Crippen LogP contribution in [0.1, 0.15) is 24.8 Å². The van der Waals surface area contributed by atoms with Crippen LogP contribution in [0.3, 0.4) is 0 Å². The van der Waals surface area contributed by atoms with E-state index in [4.69, 9.17) is 60.7 Å². The third-order valence-electron chi connectivity index (χ3n) is 3.66. The molecule has 0 aliphatic carbocycles. The molecule has 0 aliphatic heterocycles. The average Bonchev–Trinajstić information content (AvgIpc) is 2.69. The van der Waals surface area contributed by atoms with Crippen LogP contribution in [-0.4, -0.2) is 26.0 Å². The second-order valence-corrected chi connectivity index (χ2v) is 7.73. The van der Waals surface area contributed by atoms with Gasteiger partial charge in [-0.3, -0.25) is 0 Å². The summed E-state index contributed by atoms with van der Waals surface area (Å²) in [5, 5.41) is 4.71. The van der Waals surface area contributed by atoms with Gasteiger partial charge >= 0.3 is 0 Å². The zero-order valence-electron chi connectivity index (χ0n) is 15.6. The lowest BCUT2D eigenvalue weighted by molar-refractivity contribution is 0.140. The maximum absolute atomic E-state index is 6.23. The van der Waals surface area contributed by atoms with E-state index in [1.54, 1.807) is 18.3 Å². The molecule has 0 heterocycles. The summed E-state index contributed by atoms with van der Waals surface area (Å²) in [6.07, 6.45) is 5.87. The number of oxime groups is 1. The first-order valence-corrected chi connectivity index (χ1v) is 10.5. The summed E-state index contributed by atoms with van der Waals surface area (Å²) in [7, 11) is 0. The van der Waals surface area contributed by atoms with Gasteiger partial charge in [-0.2, -0.15) is 0 Å². The maximum Gasteiger partial charge on any atom is 0.156 e. The minimum absolute atomic E-state index is 0.135. The summed E-state index contributed by atoms with van der Waals surface area (Å²) in [6, 6.07) is 13.1. The van der Waals surface area contributed by atoms with E-state index in [1.165, 1.54) is 6.08 Å². The molecule has 0 N–H and O–H groups in total. The Bertz CT molecular complexity index is 786. The predicted molar refractivity (Wildman–Crippen MR) is 121 cm³/mol. The molecule has 0 amide bonds. The van der Waals surface area contributed by atoms with Gasteiger partial charge < -0.3 is 14.3 Å². The number of hydrogen-bond acceptors (Lipinski definition) is 4. The molecule has 0 unspecified atom stereocenters. The highest BCUT2D eigenvalue weighted by molar-refractivity contribution is 6.55. The van der Waals surface area contributed by atoms with Crippen molar-refractivity contribution in [2.24, 2.45) is 5.16 Å². The molecule has 2 rings (SSSR count). The van der Waals surface area contributed by atoms with E-state index in [9.17, 15) is 0 Å². The van der Waals surface area contributed by atoms with Gasteiger partial charge in [0, 0.05) is 12.1 Å². The molecular formula is C21H21Cl4NO3. The second kappa shape index (κ2) is 13.6. The fourth-order valence-electron chi connectivity index (χ4n) is 2.27. The fraction of sp³-hybridized carbons (Fsp3) is 0.286. The van der Waals surface area contributed by atoms with Crippen LogP contribution in [0.5, 0.6) is 11.5 Å². The minimum Gasteiger partial charge on any atom is -0.490 e. The summed E-state index contributed by atoms with van der Waals surface area (Å²) >= 11 is 23.5. The second-order valence-electron chi connectivity index (χ2n) is 5.91. The van der Waals surface area contributed by atoms with Crippen LogP contribution in [0.2, 0.25) is 10.0 Å². The molecule has 0 aromatic heterocycles. The van der Waals surface area contributed by atoms with Crippen molar-refractivity contribution in [1.82, 2.24) is 0 Å². The number of hydrogen-bond donors (Lipinski definition) is 0. The number of ether oxygens (including phenoxy) is 2. The van der Waals surface area contributed by atoms with E-state index >= 15 is 0 Å². The minimum atomic E-state index is 0.135. The van der Waals surface area contributed by atoms with Crippen LogP contribution in [-0.2, 0) is 4.84 Å². The molecular weight excluding hydrogens is 456 g/mol. The fourth-order valence-corrected chi connectivity index (χ4v) is 2.97. The lowest BCUT2D eigenvalue weighted by Gasteiger charge is -2.12. The van der Waals surface area contributed by atoms with Crippen LogP contribution in [0.4, 0.5) is 0 Å². The Balaban J connectivity index is 1.63. The highest BCUT2D eigenvalue weighted by Crippen LogP contribution is 2.37. The third-order valence-corrected chi connectivity index (χ3v) is 4.53. The molecule has 156 valence electrons. The highest BCUT2D eigenvalue weighted by atomic mass is 35.5. The van der Waals surface area contributed by atoms with Crippen molar-refractivity contribution < 1.29 is 14.3 Å². The molecule has 0 bridgehead atoms. The van der Waals surface area contributed by atoms with E-state index in [-0.39, 0.29) is 11.1 Å². The maximum atomic E-state index is 6.23. The molecule has 0 aliphatic rings. The first-order chi connectivity index (χ1) is 14.1. The summed E-state index contributed by atoms with van der Waals surface area (Å²) in [5.74, 6) is 0.946. The van der Waals surface area contributed by atoms with Crippen molar-refractivity contribution in [1.29, 1.82) is 0 Å². The Hall–Kier alpha value is -1.59. The lowest BCUT2D eigenvalue weighted by Crippen LogP contribution is -2.00. The van der Waals surface area contributed by atoms with Gasteiger partial charge in [0.05, 0.1) is 22.9 Å². The molecule has 0 atom stereocenters. The average molecular weight is 477 g/mol. The third kappa shape index (κ3) is 9.64. The molecule has 29 heavy (non-hydrogen) atoms. The van der Waals surface area contributed by atoms with Gasteiger partial charge in [-0.1, -0.05) is 81.9 Å². The smallest absolute Gasteiger partial charge is 0.156 e. The summed E-state index contributed by atoms with van der Waals surface area (Å²) in [6.45, 7) is 1.27. The molecule has 0 spiro atoms. The first-order valence-electron chi connectivity index (χ1n) is 9.02. The quantitative estimate of drug-likeness (QED) is 0.183. The number of rotatable bonds is 12. The van der Waals surface area contributed by atoms with Crippen LogP contribution in [0.25, 0.3) is 0 Å². The Morgan fingerprint density at radius 3 is 2.28 bits per heavy atom. The van der Waals surface area contributed by atoms with Crippen LogP contribution >= 0.6 is 46.4 Å². The van der Waals surface area contributed by atoms with Gasteiger partial charge in [0.1, 0.15) is 23.5 Å². The summed E-state index contributed by atoms with van der Waals surface area (Å²) in [5.41, 5.74) is 1.00. The van der Waals surface area contributed by atoms with Gasteiger partial charge in [-0.25, -0.2) is 0 Å². The van der Waals surface area contributed by atoms with Crippen LogP contribution in [0.15, 0.2) is 58.2 Å². The zero-order chi connectivity index (χ0) is 20.9. The molecule has 0 fully saturated rings. The molecule has 0 saturated heterocycles. The molecule has 8 heteroatoms. The van der Waals surface area contributed by atoms with E-state index in [1.807, 2.05) is 30.3 Å². The van der Waals surface area contributed by atoms with Crippen LogP contribution < -0.4 is 9.47 Å². The van der Waals surface area contributed by atoms with E-state index < -0.39 is 0 Å². The SMILES string of the molecule is ClC(Cl)=CCOc1cc(Cl)c(OCCCCCO/N=C/c2ccccc2)c(Cl)c1. The van der Waals surface area contributed by atoms with Crippen molar-refractivity contribution in [2.75, 3.05) is 19.8 Å². The molecule has 0 saturated carbocycles. The Morgan fingerprint density at radius 1 is 0.897 bits per heavy atom. The van der Waals surface area contributed by atoms with Crippen molar-refractivity contribution in [3.8, 4) is 11.5 Å². The lowest BCUT2D eigenvalue weighted by atomic mass is 10.2. The van der Waals surface area contributed by atoms with Gasteiger partial charge in [0.15, 0.2) is 5.75 Å². The van der Waals surface area contributed by atoms with Crippen LogP contribution in [0, 0.1) is 0 Å². The largest absolute Gasteiger partial charge is 0.490 e. The molecule has 2 aromatic rings. The molecule has 4 nitrogen and oxygen atoms in total. The Kier molecular flexibility index (Phi) is 11.1. The normalized spacial score (nSPS) is 10.8. The standard InChI is InChI=1S/C21H21Cl4NO3/c22-18-13-17(27-12-9-20(24)25)14-19(23)21(18)28-10-5-2-6-11-29-26-15-16-7-3-1-4-8-16/h1,3-4,7-9,13-15H,2,5-6,10-12H2/b26-15+.